The van der Waals surface area contributed by atoms with E-state index in [0.717, 1.165) is 41.0 Å². The third-order valence-corrected chi connectivity index (χ3v) is 4.82. The normalized spacial score (nSPS) is 17.4. The molecule has 4 nitrogen and oxygen atoms in total. The van der Waals surface area contributed by atoms with Gasteiger partial charge >= 0.3 is 0 Å². The Bertz CT molecular complexity index is 721. The average Bonchev–Trinajstić information content (AvgIpc) is 2.62. The van der Waals surface area contributed by atoms with Crippen LogP contribution in [0.5, 0.6) is 5.75 Å². The van der Waals surface area contributed by atoms with Gasteiger partial charge in [-0.05, 0) is 30.7 Å². The Labute approximate surface area is 157 Å². The summed E-state index contributed by atoms with van der Waals surface area (Å²) in [6, 6.07) is 16.2. The molecule has 1 saturated heterocycles. The lowest BCUT2D eigenvalue weighted by Gasteiger charge is -2.32. The molecule has 1 aliphatic rings. The number of rotatable bonds is 5. The molecule has 0 saturated carbocycles. The van der Waals surface area contributed by atoms with Gasteiger partial charge in [0, 0.05) is 35.7 Å². The topological polar surface area (TPSA) is 41.6 Å². The Balaban J connectivity index is 1.69. The van der Waals surface area contributed by atoms with Crippen LogP contribution in [0.25, 0.3) is 0 Å². The zero-order valence-electron chi connectivity index (χ0n) is 14.4. The number of carbonyl (C=O) groups excluding carboxylic acids is 1. The van der Waals surface area contributed by atoms with Crippen LogP contribution in [-0.4, -0.2) is 36.5 Å². The Morgan fingerprint density at radius 2 is 2.08 bits per heavy atom. The molecule has 1 atom stereocenters. The monoisotopic (exact) mass is 402 g/mol. The molecule has 25 heavy (non-hydrogen) atoms. The Kier molecular flexibility index (Phi) is 6.10. The fourth-order valence-electron chi connectivity index (χ4n) is 3.00. The van der Waals surface area contributed by atoms with Gasteiger partial charge in [-0.25, -0.2) is 0 Å². The van der Waals surface area contributed by atoms with Crippen LogP contribution >= 0.6 is 15.9 Å². The van der Waals surface area contributed by atoms with Gasteiger partial charge in [0.25, 0.3) is 0 Å². The number of nitrogens with one attached hydrogen (secondary N) is 1. The Hall–Kier alpha value is -1.85. The number of halogens is 1. The first kappa shape index (κ1) is 18.0. The van der Waals surface area contributed by atoms with Gasteiger partial charge in [0.2, 0.25) is 5.91 Å². The number of benzene rings is 2. The second kappa shape index (κ2) is 8.50. The van der Waals surface area contributed by atoms with E-state index in [0.29, 0.717) is 19.1 Å². The molecule has 1 aliphatic heterocycles. The minimum atomic E-state index is 0.149. The summed E-state index contributed by atoms with van der Waals surface area (Å²) in [6.07, 6.45) is 0.357. The van der Waals surface area contributed by atoms with Crippen LogP contribution in [0.2, 0.25) is 0 Å². The van der Waals surface area contributed by atoms with Crippen molar-refractivity contribution in [1.29, 1.82) is 0 Å². The van der Waals surface area contributed by atoms with E-state index in [4.69, 9.17) is 4.74 Å². The number of carbonyl (C=O) groups is 1. The number of amides is 1. The van der Waals surface area contributed by atoms with E-state index in [2.05, 4.69) is 28.2 Å². The average molecular weight is 403 g/mol. The number of hydrogen-bond donors (Lipinski definition) is 1. The lowest BCUT2D eigenvalue weighted by molar-refractivity contribution is -0.131. The van der Waals surface area contributed by atoms with Gasteiger partial charge in [0.05, 0.1) is 6.42 Å². The third kappa shape index (κ3) is 5.06. The molecule has 3 rings (SSSR count). The highest BCUT2D eigenvalue weighted by Crippen LogP contribution is 2.25. The van der Waals surface area contributed by atoms with Crippen molar-refractivity contribution < 1.29 is 9.53 Å². The quantitative estimate of drug-likeness (QED) is 0.832. The standard InChI is InChI=1S/C20H23BrN2O2/c1-15-13-23(10-9-22-15)20(24)12-17-11-18(21)7-8-19(17)25-14-16-5-3-2-4-6-16/h2-8,11,15,22H,9-10,12-14H2,1H3/t15-/m0/s1. The molecule has 1 amide bonds. The van der Waals surface area contributed by atoms with Crippen LogP contribution in [-0.2, 0) is 17.8 Å². The molecule has 0 aromatic heterocycles. The first-order valence-electron chi connectivity index (χ1n) is 8.58. The van der Waals surface area contributed by atoms with Gasteiger partial charge in [-0.2, -0.15) is 0 Å². The summed E-state index contributed by atoms with van der Waals surface area (Å²) >= 11 is 3.50. The number of piperazine rings is 1. The Morgan fingerprint density at radius 1 is 1.28 bits per heavy atom. The SMILES string of the molecule is C[C@H]1CN(C(=O)Cc2cc(Br)ccc2OCc2ccccc2)CCN1. The van der Waals surface area contributed by atoms with Crippen LogP contribution in [0.1, 0.15) is 18.1 Å². The summed E-state index contributed by atoms with van der Waals surface area (Å²) in [7, 11) is 0. The van der Waals surface area contributed by atoms with E-state index in [9.17, 15) is 4.79 Å². The smallest absolute Gasteiger partial charge is 0.227 e. The highest BCUT2D eigenvalue weighted by molar-refractivity contribution is 9.10. The number of hydrogen-bond acceptors (Lipinski definition) is 3. The first-order valence-corrected chi connectivity index (χ1v) is 9.37. The first-order chi connectivity index (χ1) is 12.1. The number of nitrogens with zero attached hydrogens (tertiary/aromatic N) is 1. The minimum absolute atomic E-state index is 0.149. The van der Waals surface area contributed by atoms with Crippen molar-refractivity contribution in [3.63, 3.8) is 0 Å². The summed E-state index contributed by atoms with van der Waals surface area (Å²) in [5.74, 6) is 0.916. The van der Waals surface area contributed by atoms with Crippen molar-refractivity contribution >= 4 is 21.8 Å². The molecule has 0 aliphatic carbocycles. The summed E-state index contributed by atoms with van der Waals surface area (Å²) < 4.78 is 6.94. The number of ether oxygens (including phenoxy) is 1. The summed E-state index contributed by atoms with van der Waals surface area (Å²) in [5, 5.41) is 3.36. The molecule has 0 unspecified atom stereocenters. The van der Waals surface area contributed by atoms with Gasteiger partial charge in [-0.3, -0.25) is 4.79 Å². The predicted molar refractivity (Wildman–Crippen MR) is 103 cm³/mol. The van der Waals surface area contributed by atoms with Gasteiger partial charge in [-0.15, -0.1) is 0 Å². The van der Waals surface area contributed by atoms with Crippen molar-refractivity contribution in [2.75, 3.05) is 19.6 Å². The molecule has 1 heterocycles. The van der Waals surface area contributed by atoms with E-state index in [1.807, 2.05) is 53.4 Å². The minimum Gasteiger partial charge on any atom is -0.489 e. The van der Waals surface area contributed by atoms with Crippen molar-refractivity contribution in [2.24, 2.45) is 0 Å². The molecular formula is C20H23BrN2O2. The van der Waals surface area contributed by atoms with E-state index in [-0.39, 0.29) is 5.91 Å². The molecule has 0 spiro atoms. The maximum absolute atomic E-state index is 12.7. The third-order valence-electron chi connectivity index (χ3n) is 4.32. The summed E-state index contributed by atoms with van der Waals surface area (Å²) in [5.41, 5.74) is 2.03. The molecule has 5 heteroatoms. The molecule has 0 bridgehead atoms. The van der Waals surface area contributed by atoms with Gasteiger partial charge in [-0.1, -0.05) is 46.3 Å². The van der Waals surface area contributed by atoms with Crippen molar-refractivity contribution in [1.82, 2.24) is 10.2 Å². The molecule has 132 valence electrons. The zero-order valence-corrected chi connectivity index (χ0v) is 16.0. The van der Waals surface area contributed by atoms with Crippen LogP contribution in [0.15, 0.2) is 53.0 Å². The highest BCUT2D eigenvalue weighted by atomic mass is 79.9. The predicted octanol–water partition coefficient (Wildman–Crippen LogP) is 3.39. The van der Waals surface area contributed by atoms with Crippen molar-refractivity contribution in [2.45, 2.75) is 26.0 Å². The summed E-state index contributed by atoms with van der Waals surface area (Å²) in [6.45, 7) is 4.97. The second-order valence-electron chi connectivity index (χ2n) is 6.40. The summed E-state index contributed by atoms with van der Waals surface area (Å²) in [4.78, 5) is 14.6. The zero-order chi connectivity index (χ0) is 17.6. The lowest BCUT2D eigenvalue weighted by Crippen LogP contribution is -2.51. The molecule has 1 fully saturated rings. The molecule has 2 aromatic rings. The Morgan fingerprint density at radius 3 is 2.84 bits per heavy atom. The van der Waals surface area contributed by atoms with E-state index >= 15 is 0 Å². The largest absolute Gasteiger partial charge is 0.489 e. The molecule has 1 N–H and O–H groups in total. The van der Waals surface area contributed by atoms with Crippen molar-refractivity contribution in [3.05, 3.63) is 64.1 Å². The van der Waals surface area contributed by atoms with Gasteiger partial charge in [0.15, 0.2) is 0 Å². The maximum Gasteiger partial charge on any atom is 0.227 e. The van der Waals surface area contributed by atoms with E-state index in [1.165, 1.54) is 0 Å². The fraction of sp³-hybridized carbons (Fsp3) is 0.350. The molecule has 2 aromatic carbocycles. The van der Waals surface area contributed by atoms with E-state index < -0.39 is 0 Å². The van der Waals surface area contributed by atoms with Gasteiger partial charge in [0.1, 0.15) is 12.4 Å². The maximum atomic E-state index is 12.7. The molecular weight excluding hydrogens is 380 g/mol. The highest BCUT2D eigenvalue weighted by Gasteiger charge is 2.21. The van der Waals surface area contributed by atoms with E-state index in [1.54, 1.807) is 0 Å². The van der Waals surface area contributed by atoms with Crippen LogP contribution in [0, 0.1) is 0 Å². The molecule has 0 radical (unpaired) electrons. The van der Waals surface area contributed by atoms with Crippen LogP contribution in [0.3, 0.4) is 0 Å². The fourth-order valence-corrected chi connectivity index (χ4v) is 3.40. The van der Waals surface area contributed by atoms with Crippen molar-refractivity contribution in [3.8, 4) is 5.75 Å². The van der Waals surface area contributed by atoms with Crippen LogP contribution < -0.4 is 10.1 Å². The lowest BCUT2D eigenvalue weighted by atomic mass is 10.1. The van der Waals surface area contributed by atoms with Crippen LogP contribution in [0.4, 0.5) is 0 Å². The second-order valence-corrected chi connectivity index (χ2v) is 7.31. The van der Waals surface area contributed by atoms with Gasteiger partial charge < -0.3 is 15.0 Å².